The molecule has 0 radical (unpaired) electrons. The molecule has 0 aliphatic rings. The summed E-state index contributed by atoms with van der Waals surface area (Å²) < 4.78 is 0. The summed E-state index contributed by atoms with van der Waals surface area (Å²) in [7, 11) is 0. The van der Waals surface area contributed by atoms with Crippen molar-refractivity contribution < 1.29 is 75.4 Å². The van der Waals surface area contributed by atoms with Gasteiger partial charge in [-0.25, -0.2) is 0 Å². The van der Waals surface area contributed by atoms with Crippen LogP contribution in [0.2, 0.25) is 0 Å². The fourth-order valence-electron chi connectivity index (χ4n) is 3.39. The molecule has 0 N–H and O–H groups in total. The van der Waals surface area contributed by atoms with E-state index in [2.05, 4.69) is 0 Å². The standard InChI is InChI=1S/3C8H14O3.C3H7O.Zr/c3*1-5(9)6(7(10)11)8(2,3)4;1-3(2)4;/h3*6H,1-4H3,(H,10,11);3H,1-2H3;/q;;;-1;+4/p-3. The Balaban J connectivity index is -0.000000132. The molecular weight excluding hydrogens is 576 g/mol. The molecule has 0 bridgehead atoms. The molecule has 10 nitrogen and oxygen atoms in total. The van der Waals surface area contributed by atoms with Crippen LogP contribution in [0.25, 0.3) is 0 Å². The van der Waals surface area contributed by atoms with Crippen LogP contribution in [-0.4, -0.2) is 41.4 Å². The Labute approximate surface area is 247 Å². The molecule has 0 saturated carbocycles. The molecule has 218 valence electrons. The minimum Gasteiger partial charge on any atom is -0.852 e. The third-order valence-electron chi connectivity index (χ3n) is 4.52. The van der Waals surface area contributed by atoms with E-state index in [0.717, 1.165) is 0 Å². The molecule has 0 aliphatic carbocycles. The molecular formula is C27H46O10Zr. The average molecular weight is 622 g/mol. The van der Waals surface area contributed by atoms with E-state index in [1.165, 1.54) is 20.8 Å². The van der Waals surface area contributed by atoms with Crippen LogP contribution in [0.1, 0.15) is 96.9 Å². The second kappa shape index (κ2) is 19.3. The van der Waals surface area contributed by atoms with Gasteiger partial charge >= 0.3 is 26.2 Å². The number of aliphatic carboxylic acids is 3. The van der Waals surface area contributed by atoms with Gasteiger partial charge in [-0.2, -0.15) is 0 Å². The maximum Gasteiger partial charge on any atom is 4.00 e. The van der Waals surface area contributed by atoms with Crippen LogP contribution in [-0.2, 0) is 55.0 Å². The van der Waals surface area contributed by atoms with Gasteiger partial charge in [-0.05, 0) is 37.0 Å². The summed E-state index contributed by atoms with van der Waals surface area (Å²) in [6, 6.07) is 0. The van der Waals surface area contributed by atoms with Crippen molar-refractivity contribution in [3.63, 3.8) is 0 Å². The molecule has 0 fully saturated rings. The Morgan fingerprint density at radius 3 is 0.579 bits per heavy atom. The third-order valence-corrected chi connectivity index (χ3v) is 4.52. The Morgan fingerprint density at radius 1 is 0.474 bits per heavy atom. The van der Waals surface area contributed by atoms with E-state index in [4.69, 9.17) is 0 Å². The monoisotopic (exact) mass is 620 g/mol. The zero-order valence-electron chi connectivity index (χ0n) is 25.4. The molecule has 0 heterocycles. The van der Waals surface area contributed by atoms with Gasteiger partial charge in [0.15, 0.2) is 0 Å². The zero-order valence-corrected chi connectivity index (χ0v) is 27.8. The van der Waals surface area contributed by atoms with E-state index in [9.17, 15) is 49.2 Å². The van der Waals surface area contributed by atoms with Crippen molar-refractivity contribution in [2.75, 3.05) is 0 Å². The van der Waals surface area contributed by atoms with Gasteiger partial charge in [-0.15, -0.1) is 6.10 Å². The summed E-state index contributed by atoms with van der Waals surface area (Å²) in [5.41, 5.74) is -1.65. The van der Waals surface area contributed by atoms with Gasteiger partial charge in [0.1, 0.15) is 17.3 Å². The Bertz CT molecular complexity index is 637. The minimum atomic E-state index is -1.29. The Hall–Kier alpha value is -1.74. The predicted molar refractivity (Wildman–Crippen MR) is 131 cm³/mol. The molecule has 0 rings (SSSR count). The summed E-state index contributed by atoms with van der Waals surface area (Å²) in [4.78, 5) is 63.8. The van der Waals surface area contributed by atoms with Crippen LogP contribution in [0.5, 0.6) is 0 Å². The fraction of sp³-hybridized carbons (Fsp3) is 0.778. The van der Waals surface area contributed by atoms with E-state index >= 15 is 0 Å². The van der Waals surface area contributed by atoms with Crippen molar-refractivity contribution in [2.24, 2.45) is 34.0 Å². The maximum atomic E-state index is 10.8. The first-order chi connectivity index (χ1) is 16.0. The van der Waals surface area contributed by atoms with Gasteiger partial charge < -0.3 is 34.8 Å². The van der Waals surface area contributed by atoms with Crippen molar-refractivity contribution in [1.29, 1.82) is 0 Å². The number of hydrogen-bond acceptors (Lipinski definition) is 10. The quantitative estimate of drug-likeness (QED) is 0.356. The number of carbonyl (C=O) groups excluding carboxylic acids is 6. The molecule has 0 aliphatic heterocycles. The van der Waals surface area contributed by atoms with Crippen molar-refractivity contribution in [2.45, 2.75) is 103 Å². The Morgan fingerprint density at radius 2 is 0.579 bits per heavy atom. The minimum absolute atomic E-state index is 0. The van der Waals surface area contributed by atoms with Crippen LogP contribution >= 0.6 is 0 Å². The van der Waals surface area contributed by atoms with Crippen molar-refractivity contribution in [3.05, 3.63) is 0 Å². The van der Waals surface area contributed by atoms with Crippen LogP contribution in [0.15, 0.2) is 0 Å². The molecule has 0 aromatic rings. The molecule has 0 saturated heterocycles. The summed E-state index contributed by atoms with van der Waals surface area (Å²) in [5, 5.41) is 40.9. The number of carboxylic acid groups (broad SMARTS) is 3. The largest absolute Gasteiger partial charge is 4.00 e. The van der Waals surface area contributed by atoms with E-state index in [0.29, 0.717) is 0 Å². The van der Waals surface area contributed by atoms with Gasteiger partial charge in [-0.1, -0.05) is 76.2 Å². The van der Waals surface area contributed by atoms with Crippen molar-refractivity contribution >= 4 is 35.3 Å². The molecule has 0 amide bonds. The van der Waals surface area contributed by atoms with E-state index in [1.54, 1.807) is 76.2 Å². The molecule has 3 atom stereocenters. The molecule has 38 heavy (non-hydrogen) atoms. The summed E-state index contributed by atoms with van der Waals surface area (Å²) in [6.07, 6.45) is -0.417. The predicted octanol–water partition coefficient (Wildman–Crippen LogP) is -0.285. The zero-order chi connectivity index (χ0) is 31.3. The molecule has 11 heteroatoms. The van der Waals surface area contributed by atoms with Crippen molar-refractivity contribution in [1.82, 2.24) is 0 Å². The van der Waals surface area contributed by atoms with Crippen LogP contribution < -0.4 is 20.4 Å². The number of rotatable bonds is 6. The number of carbonyl (C=O) groups is 6. The van der Waals surface area contributed by atoms with E-state index in [1.807, 2.05) is 0 Å². The Kier molecular flexibility index (Phi) is 23.5. The summed E-state index contributed by atoms with van der Waals surface area (Å²) in [5.74, 6) is -7.90. The smallest absolute Gasteiger partial charge is 0.852 e. The maximum absolute atomic E-state index is 10.8. The second-order valence-corrected chi connectivity index (χ2v) is 12.2. The van der Waals surface area contributed by atoms with Gasteiger partial charge in [0, 0.05) is 0 Å². The molecule has 0 spiro atoms. The van der Waals surface area contributed by atoms with Crippen LogP contribution in [0.4, 0.5) is 0 Å². The summed E-state index contributed by atoms with van der Waals surface area (Å²) in [6.45, 7) is 22.4. The van der Waals surface area contributed by atoms with E-state index < -0.39 is 58.0 Å². The van der Waals surface area contributed by atoms with Gasteiger partial charge in [0.25, 0.3) is 0 Å². The van der Waals surface area contributed by atoms with Gasteiger partial charge in [0.05, 0.1) is 35.7 Å². The SMILES string of the molecule is CC(=O)C(C(=O)[O-])C(C)(C)C.CC(=O)C(C(=O)[O-])C(C)(C)C.CC(=O)C(C(=O)[O-])C(C)(C)C.CC(C)[O-].[Zr+4]. The van der Waals surface area contributed by atoms with E-state index in [-0.39, 0.29) is 43.6 Å². The first kappa shape index (κ1) is 46.1. The normalized spacial score (nSPS) is 13.3. The van der Waals surface area contributed by atoms with Crippen LogP contribution in [0.3, 0.4) is 0 Å². The number of ketones is 3. The van der Waals surface area contributed by atoms with Gasteiger partial charge in [-0.3, -0.25) is 14.4 Å². The fourth-order valence-corrected chi connectivity index (χ4v) is 3.39. The average Bonchev–Trinajstić information content (AvgIpc) is 2.47. The van der Waals surface area contributed by atoms with Gasteiger partial charge in [0.2, 0.25) is 0 Å². The number of carboxylic acids is 3. The first-order valence-corrected chi connectivity index (χ1v) is 11.8. The third kappa shape index (κ3) is 23.4. The second-order valence-electron chi connectivity index (χ2n) is 12.2. The molecule has 0 aromatic heterocycles. The number of hydrogen-bond donors (Lipinski definition) is 0. The number of Topliss-reactive ketones (excluding diaryl/α,β-unsaturated/α-hetero) is 3. The summed E-state index contributed by atoms with van der Waals surface area (Å²) >= 11 is 0. The van der Waals surface area contributed by atoms with Crippen molar-refractivity contribution in [3.8, 4) is 0 Å². The molecule has 3 unspecified atom stereocenters. The first-order valence-electron chi connectivity index (χ1n) is 11.8. The molecule has 0 aromatic carbocycles. The topological polar surface area (TPSA) is 195 Å². The van der Waals surface area contributed by atoms with Crippen LogP contribution in [0, 0.1) is 34.0 Å².